The zero-order valence-corrected chi connectivity index (χ0v) is 17.1. The summed E-state index contributed by atoms with van der Waals surface area (Å²) in [6, 6.07) is 11.7. The van der Waals surface area contributed by atoms with E-state index in [4.69, 9.17) is 19.9 Å². The predicted molar refractivity (Wildman–Crippen MR) is 108 cm³/mol. The van der Waals surface area contributed by atoms with Crippen molar-refractivity contribution in [3.63, 3.8) is 0 Å². The summed E-state index contributed by atoms with van der Waals surface area (Å²) in [7, 11) is -2.30. The molecule has 0 aliphatic carbocycles. The van der Waals surface area contributed by atoms with Gasteiger partial charge in [0.15, 0.2) is 11.5 Å². The Kier molecular flexibility index (Phi) is 6.06. The Morgan fingerprint density at radius 3 is 2.66 bits per heavy atom. The van der Waals surface area contributed by atoms with E-state index in [1.165, 1.54) is 19.2 Å². The highest BCUT2D eigenvalue weighted by Crippen LogP contribution is 2.29. The molecule has 0 unspecified atom stereocenters. The number of sulfonamides is 1. The Bertz CT molecular complexity index is 1180. The quantitative estimate of drug-likeness (QED) is 0.605. The Hall–Kier alpha value is -3.09. The molecule has 3 rings (SSSR count). The summed E-state index contributed by atoms with van der Waals surface area (Å²) in [5.74, 6) is 1.61. The maximum absolute atomic E-state index is 11.7. The van der Waals surface area contributed by atoms with Crippen LogP contribution in [0.1, 0.15) is 31.2 Å². The lowest BCUT2D eigenvalue weighted by molar-refractivity contribution is 0.271. The molecule has 3 aromatic rings. The van der Waals surface area contributed by atoms with E-state index in [1.807, 2.05) is 4.57 Å². The number of fused-ring (bicyclic) bond motifs is 1. The topological polar surface area (TPSA) is 120 Å². The molecule has 0 bridgehead atoms. The number of unbranched alkanes of at least 4 members (excludes halogenated alkanes) is 1. The van der Waals surface area contributed by atoms with Crippen LogP contribution in [0.5, 0.6) is 11.5 Å². The first-order valence-electron chi connectivity index (χ1n) is 9.10. The van der Waals surface area contributed by atoms with Crippen molar-refractivity contribution in [2.24, 2.45) is 5.14 Å². The first kappa shape index (κ1) is 20.6. The van der Waals surface area contributed by atoms with Crippen molar-refractivity contribution in [1.82, 2.24) is 9.55 Å². The highest BCUT2D eigenvalue weighted by molar-refractivity contribution is 7.89. The predicted octanol–water partition coefficient (Wildman–Crippen LogP) is 2.94. The molecule has 9 heteroatoms. The third-order valence-corrected chi connectivity index (χ3v) is 5.42. The van der Waals surface area contributed by atoms with Gasteiger partial charge in [0.1, 0.15) is 12.4 Å². The van der Waals surface area contributed by atoms with E-state index in [-0.39, 0.29) is 11.5 Å². The van der Waals surface area contributed by atoms with Crippen LogP contribution in [-0.2, 0) is 23.2 Å². The van der Waals surface area contributed by atoms with Gasteiger partial charge in [0, 0.05) is 12.6 Å². The van der Waals surface area contributed by atoms with Gasteiger partial charge in [-0.15, -0.1) is 0 Å². The highest BCUT2D eigenvalue weighted by atomic mass is 32.2. The Morgan fingerprint density at radius 2 is 2.00 bits per heavy atom. The summed E-state index contributed by atoms with van der Waals surface area (Å²) in [5.41, 5.74) is 1.83. The molecule has 0 spiro atoms. The van der Waals surface area contributed by atoms with Crippen molar-refractivity contribution in [1.29, 1.82) is 5.26 Å². The molecule has 152 valence electrons. The highest BCUT2D eigenvalue weighted by Gasteiger charge is 2.16. The minimum Gasteiger partial charge on any atom is -0.493 e. The number of aryl methyl sites for hydroxylation is 1. The number of methoxy groups -OCH3 is 1. The number of primary sulfonamides is 1. The van der Waals surface area contributed by atoms with Gasteiger partial charge in [-0.2, -0.15) is 5.26 Å². The minimum absolute atomic E-state index is 0.0198. The van der Waals surface area contributed by atoms with Crippen molar-refractivity contribution >= 4 is 21.1 Å². The van der Waals surface area contributed by atoms with Crippen LogP contribution >= 0.6 is 0 Å². The number of imidazole rings is 1. The smallest absolute Gasteiger partial charge is 0.238 e. The average molecular weight is 414 g/mol. The average Bonchev–Trinajstić information content (AvgIpc) is 3.06. The fraction of sp³-hybridized carbons (Fsp3) is 0.300. The molecule has 2 aromatic carbocycles. The van der Waals surface area contributed by atoms with Crippen LogP contribution in [0.3, 0.4) is 0 Å². The molecule has 0 atom stereocenters. The second kappa shape index (κ2) is 8.51. The molecule has 2 N–H and O–H groups in total. The number of aromatic nitrogens is 2. The summed E-state index contributed by atoms with van der Waals surface area (Å²) >= 11 is 0. The number of nitrogens with zero attached hydrogens (tertiary/aromatic N) is 3. The van der Waals surface area contributed by atoms with Gasteiger partial charge in [0.05, 0.1) is 34.7 Å². The monoisotopic (exact) mass is 414 g/mol. The van der Waals surface area contributed by atoms with Gasteiger partial charge in [-0.1, -0.05) is 13.3 Å². The number of nitrogens with two attached hydrogens (primary N) is 1. The molecule has 0 aliphatic rings. The Morgan fingerprint density at radius 1 is 1.21 bits per heavy atom. The van der Waals surface area contributed by atoms with E-state index in [9.17, 15) is 8.42 Å². The summed E-state index contributed by atoms with van der Waals surface area (Å²) in [5, 5.41) is 14.3. The van der Waals surface area contributed by atoms with Crippen LogP contribution in [-0.4, -0.2) is 25.1 Å². The molecular weight excluding hydrogens is 392 g/mol. The fourth-order valence-electron chi connectivity index (χ4n) is 3.01. The van der Waals surface area contributed by atoms with Crippen LogP contribution in [0, 0.1) is 11.3 Å². The van der Waals surface area contributed by atoms with Crippen molar-refractivity contribution in [3.05, 3.63) is 47.8 Å². The van der Waals surface area contributed by atoms with E-state index in [0.717, 1.165) is 24.9 Å². The molecule has 0 aliphatic heterocycles. The van der Waals surface area contributed by atoms with E-state index < -0.39 is 10.0 Å². The molecule has 1 heterocycles. The molecule has 29 heavy (non-hydrogen) atoms. The molecule has 0 saturated carbocycles. The van der Waals surface area contributed by atoms with Crippen molar-refractivity contribution < 1.29 is 17.9 Å². The van der Waals surface area contributed by atoms with E-state index in [0.29, 0.717) is 28.4 Å². The lowest BCUT2D eigenvalue weighted by Gasteiger charge is -2.12. The van der Waals surface area contributed by atoms with Crippen LogP contribution < -0.4 is 14.6 Å². The lowest BCUT2D eigenvalue weighted by atomic mass is 10.2. The van der Waals surface area contributed by atoms with Crippen LogP contribution in [0.15, 0.2) is 41.3 Å². The van der Waals surface area contributed by atoms with Crippen LogP contribution in [0.4, 0.5) is 0 Å². The fourth-order valence-corrected chi connectivity index (χ4v) is 3.54. The molecule has 0 fully saturated rings. The normalized spacial score (nSPS) is 11.4. The van der Waals surface area contributed by atoms with Gasteiger partial charge in [-0.25, -0.2) is 18.5 Å². The van der Waals surface area contributed by atoms with E-state index in [2.05, 4.69) is 18.0 Å². The third kappa shape index (κ3) is 4.50. The number of hydrogen-bond donors (Lipinski definition) is 1. The second-order valence-corrected chi connectivity index (χ2v) is 8.06. The first-order chi connectivity index (χ1) is 13.9. The summed E-state index contributed by atoms with van der Waals surface area (Å²) < 4.78 is 36.5. The molecular formula is C20H22N4O4S. The standard InChI is InChI=1S/C20H22N4O4S/c1-3-4-9-24-17-7-6-15(29(22,25)26)11-16(17)23-20(24)13-28-18-8-5-14(12-21)10-19(18)27-2/h5-8,10-11H,3-4,9,13H2,1-2H3,(H2,22,25,26). The zero-order chi connectivity index (χ0) is 21.0. The minimum atomic E-state index is -3.81. The van der Waals surface area contributed by atoms with E-state index in [1.54, 1.807) is 24.3 Å². The van der Waals surface area contributed by atoms with Crippen molar-refractivity contribution in [3.8, 4) is 17.6 Å². The number of benzene rings is 2. The van der Waals surface area contributed by atoms with Gasteiger partial charge >= 0.3 is 0 Å². The number of ether oxygens (including phenoxy) is 2. The summed E-state index contributed by atoms with van der Waals surface area (Å²) in [4.78, 5) is 4.59. The van der Waals surface area contributed by atoms with E-state index >= 15 is 0 Å². The van der Waals surface area contributed by atoms with Gasteiger partial charge in [0.25, 0.3) is 0 Å². The van der Waals surface area contributed by atoms with Crippen LogP contribution in [0.2, 0.25) is 0 Å². The second-order valence-electron chi connectivity index (χ2n) is 6.49. The maximum atomic E-state index is 11.7. The summed E-state index contributed by atoms with van der Waals surface area (Å²) in [6.45, 7) is 2.98. The largest absolute Gasteiger partial charge is 0.493 e. The van der Waals surface area contributed by atoms with Crippen LogP contribution in [0.25, 0.3) is 11.0 Å². The molecule has 0 radical (unpaired) electrons. The first-order valence-corrected chi connectivity index (χ1v) is 10.6. The maximum Gasteiger partial charge on any atom is 0.238 e. The Labute approximate surface area is 169 Å². The molecule has 0 saturated heterocycles. The van der Waals surface area contributed by atoms with Crippen molar-refractivity contribution in [2.45, 2.75) is 37.8 Å². The molecule has 1 aromatic heterocycles. The van der Waals surface area contributed by atoms with Gasteiger partial charge in [-0.3, -0.25) is 0 Å². The SMILES string of the molecule is CCCCn1c(COc2ccc(C#N)cc2OC)nc2cc(S(N)(=O)=O)ccc21. The van der Waals surface area contributed by atoms with Gasteiger partial charge < -0.3 is 14.0 Å². The Balaban J connectivity index is 1.96. The van der Waals surface area contributed by atoms with Gasteiger partial charge in [0.2, 0.25) is 10.0 Å². The number of hydrogen-bond acceptors (Lipinski definition) is 6. The lowest BCUT2D eigenvalue weighted by Crippen LogP contribution is -2.11. The molecule has 0 amide bonds. The zero-order valence-electron chi connectivity index (χ0n) is 16.3. The number of nitriles is 1. The van der Waals surface area contributed by atoms with Gasteiger partial charge in [-0.05, 0) is 36.8 Å². The summed E-state index contributed by atoms with van der Waals surface area (Å²) in [6.07, 6.45) is 1.94. The van der Waals surface area contributed by atoms with Crippen molar-refractivity contribution in [2.75, 3.05) is 7.11 Å². The number of rotatable bonds is 8. The molecule has 8 nitrogen and oxygen atoms in total. The third-order valence-electron chi connectivity index (χ3n) is 4.51.